The molecule has 0 N–H and O–H groups in total. The van der Waals surface area contributed by atoms with Gasteiger partial charge in [-0.25, -0.2) is 0 Å². The summed E-state index contributed by atoms with van der Waals surface area (Å²) in [4.78, 5) is 0. The summed E-state index contributed by atoms with van der Waals surface area (Å²) >= 11 is 3.29. The average molecular weight is 203 g/mol. The molecular weight excluding hydrogens is 192 g/mol. The summed E-state index contributed by atoms with van der Waals surface area (Å²) in [5, 5.41) is 4.18. The van der Waals surface area contributed by atoms with Gasteiger partial charge in [0.1, 0.15) is 4.60 Å². The highest BCUT2D eigenvalue weighted by molar-refractivity contribution is 9.10. The molecule has 1 heterocycles. The van der Waals surface area contributed by atoms with Crippen LogP contribution < -0.4 is 0 Å². The molecule has 0 bridgehead atoms. The first-order valence-corrected chi connectivity index (χ1v) is 4.31. The van der Waals surface area contributed by atoms with Crippen LogP contribution in [0, 0.1) is 0 Å². The molecular formula is C7H11BrN2. The first-order valence-electron chi connectivity index (χ1n) is 3.52. The van der Waals surface area contributed by atoms with Crippen molar-refractivity contribution in [2.24, 2.45) is 0 Å². The van der Waals surface area contributed by atoms with E-state index >= 15 is 0 Å². The number of halogens is 1. The third-order valence-corrected chi connectivity index (χ3v) is 1.77. The molecule has 1 aromatic rings. The number of rotatable bonds is 3. The predicted octanol–water partition coefficient (Wildman–Crippen LogP) is 2.45. The van der Waals surface area contributed by atoms with Crippen LogP contribution in [0.15, 0.2) is 16.9 Å². The minimum absolute atomic E-state index is 0.920. The zero-order chi connectivity index (χ0) is 7.40. The van der Waals surface area contributed by atoms with Crippen molar-refractivity contribution in [1.82, 2.24) is 9.78 Å². The van der Waals surface area contributed by atoms with Crippen LogP contribution in [0.4, 0.5) is 0 Å². The van der Waals surface area contributed by atoms with Crippen LogP contribution in [0.1, 0.15) is 19.8 Å². The molecule has 0 unspecified atom stereocenters. The molecule has 1 aromatic heterocycles. The molecule has 56 valence electrons. The largest absolute Gasteiger partial charge is 0.272 e. The van der Waals surface area contributed by atoms with Crippen molar-refractivity contribution in [2.75, 3.05) is 0 Å². The minimum Gasteiger partial charge on any atom is -0.272 e. The highest BCUT2D eigenvalue weighted by Crippen LogP contribution is 2.04. The van der Waals surface area contributed by atoms with Gasteiger partial charge in [0.15, 0.2) is 0 Å². The third kappa shape index (κ3) is 2.14. The van der Waals surface area contributed by atoms with E-state index in [2.05, 4.69) is 28.0 Å². The van der Waals surface area contributed by atoms with E-state index in [-0.39, 0.29) is 0 Å². The maximum atomic E-state index is 4.18. The lowest BCUT2D eigenvalue weighted by Crippen LogP contribution is -1.97. The van der Waals surface area contributed by atoms with Gasteiger partial charge in [-0.1, -0.05) is 13.3 Å². The van der Waals surface area contributed by atoms with Crippen molar-refractivity contribution in [3.8, 4) is 0 Å². The lowest BCUT2D eigenvalue weighted by atomic mass is 10.3. The van der Waals surface area contributed by atoms with Gasteiger partial charge in [0.2, 0.25) is 0 Å². The molecule has 0 aliphatic rings. The number of aryl methyl sites for hydroxylation is 1. The van der Waals surface area contributed by atoms with E-state index < -0.39 is 0 Å². The Morgan fingerprint density at radius 3 is 3.00 bits per heavy atom. The van der Waals surface area contributed by atoms with E-state index in [0.717, 1.165) is 11.1 Å². The van der Waals surface area contributed by atoms with Crippen molar-refractivity contribution in [3.63, 3.8) is 0 Å². The fourth-order valence-electron chi connectivity index (χ4n) is 0.782. The normalized spacial score (nSPS) is 10.2. The van der Waals surface area contributed by atoms with Crippen molar-refractivity contribution in [1.29, 1.82) is 0 Å². The Hall–Kier alpha value is -0.310. The van der Waals surface area contributed by atoms with Gasteiger partial charge in [-0.05, 0) is 28.4 Å². The summed E-state index contributed by atoms with van der Waals surface area (Å²) in [7, 11) is 0. The summed E-state index contributed by atoms with van der Waals surface area (Å²) in [5.41, 5.74) is 0. The van der Waals surface area contributed by atoms with Crippen LogP contribution in [-0.4, -0.2) is 9.78 Å². The SMILES string of the molecule is CCCCn1ccc(Br)n1. The van der Waals surface area contributed by atoms with Crippen molar-refractivity contribution < 1.29 is 0 Å². The average Bonchev–Trinajstić information content (AvgIpc) is 2.31. The van der Waals surface area contributed by atoms with Crippen LogP contribution in [0.2, 0.25) is 0 Å². The minimum atomic E-state index is 0.920. The molecule has 0 aliphatic carbocycles. The lowest BCUT2D eigenvalue weighted by Gasteiger charge is -1.96. The molecule has 0 spiro atoms. The van der Waals surface area contributed by atoms with E-state index in [0.29, 0.717) is 0 Å². The van der Waals surface area contributed by atoms with Crippen LogP contribution in [0.3, 0.4) is 0 Å². The van der Waals surface area contributed by atoms with E-state index in [4.69, 9.17) is 0 Å². The fourth-order valence-corrected chi connectivity index (χ4v) is 1.10. The fraction of sp³-hybridized carbons (Fsp3) is 0.571. The van der Waals surface area contributed by atoms with Crippen LogP contribution in [0.25, 0.3) is 0 Å². The predicted molar refractivity (Wildman–Crippen MR) is 44.8 cm³/mol. The van der Waals surface area contributed by atoms with Crippen molar-refractivity contribution in [3.05, 3.63) is 16.9 Å². The highest BCUT2D eigenvalue weighted by atomic mass is 79.9. The van der Waals surface area contributed by atoms with Gasteiger partial charge in [-0.2, -0.15) is 5.10 Å². The molecule has 1 rings (SSSR count). The van der Waals surface area contributed by atoms with Gasteiger partial charge in [-0.15, -0.1) is 0 Å². The van der Waals surface area contributed by atoms with E-state index in [9.17, 15) is 0 Å². The smallest absolute Gasteiger partial charge is 0.128 e. The Morgan fingerprint density at radius 1 is 1.70 bits per heavy atom. The summed E-state index contributed by atoms with van der Waals surface area (Å²) in [6.07, 6.45) is 4.41. The lowest BCUT2D eigenvalue weighted by molar-refractivity contribution is 0.569. The topological polar surface area (TPSA) is 17.8 Å². The Kier molecular flexibility index (Phi) is 2.93. The first-order chi connectivity index (χ1) is 4.83. The molecule has 0 saturated heterocycles. The van der Waals surface area contributed by atoms with Crippen molar-refractivity contribution in [2.45, 2.75) is 26.3 Å². The van der Waals surface area contributed by atoms with Gasteiger partial charge in [0, 0.05) is 12.7 Å². The Balaban J connectivity index is 2.42. The van der Waals surface area contributed by atoms with Crippen LogP contribution in [-0.2, 0) is 6.54 Å². The Morgan fingerprint density at radius 2 is 2.50 bits per heavy atom. The van der Waals surface area contributed by atoms with Crippen LogP contribution >= 0.6 is 15.9 Å². The standard InChI is InChI=1S/C7H11BrN2/c1-2-3-5-10-6-4-7(8)9-10/h4,6H,2-3,5H2,1H3. The van der Waals surface area contributed by atoms with Crippen LogP contribution in [0.5, 0.6) is 0 Å². The third-order valence-electron chi connectivity index (χ3n) is 1.35. The molecule has 2 nitrogen and oxygen atoms in total. The maximum absolute atomic E-state index is 4.18. The number of hydrogen-bond donors (Lipinski definition) is 0. The molecule has 0 saturated carbocycles. The first kappa shape index (κ1) is 7.79. The summed E-state index contributed by atoms with van der Waals surface area (Å²) < 4.78 is 2.87. The van der Waals surface area contributed by atoms with Gasteiger partial charge in [0.25, 0.3) is 0 Å². The molecule has 10 heavy (non-hydrogen) atoms. The molecule has 0 aliphatic heterocycles. The monoisotopic (exact) mass is 202 g/mol. The van der Waals surface area contributed by atoms with Crippen molar-refractivity contribution >= 4 is 15.9 Å². The van der Waals surface area contributed by atoms with E-state index in [1.54, 1.807) is 0 Å². The molecule has 0 aromatic carbocycles. The van der Waals surface area contributed by atoms with Gasteiger partial charge < -0.3 is 0 Å². The summed E-state index contributed by atoms with van der Waals surface area (Å²) in [5.74, 6) is 0. The number of aromatic nitrogens is 2. The summed E-state index contributed by atoms with van der Waals surface area (Å²) in [6, 6.07) is 1.95. The van der Waals surface area contributed by atoms with Gasteiger partial charge >= 0.3 is 0 Å². The number of hydrogen-bond acceptors (Lipinski definition) is 1. The summed E-state index contributed by atoms with van der Waals surface area (Å²) in [6.45, 7) is 3.21. The second-order valence-electron chi connectivity index (χ2n) is 2.26. The quantitative estimate of drug-likeness (QED) is 0.737. The number of unbranched alkanes of at least 4 members (excludes halogenated alkanes) is 1. The second-order valence-corrected chi connectivity index (χ2v) is 3.07. The maximum Gasteiger partial charge on any atom is 0.128 e. The highest BCUT2D eigenvalue weighted by Gasteiger charge is 1.92. The van der Waals surface area contributed by atoms with E-state index in [1.807, 2.05) is 16.9 Å². The van der Waals surface area contributed by atoms with Gasteiger partial charge in [-0.3, -0.25) is 4.68 Å². The molecule has 0 atom stereocenters. The molecule has 0 fully saturated rings. The molecule has 0 amide bonds. The Bertz CT molecular complexity index is 195. The Labute approximate surface area is 69.4 Å². The molecule has 3 heteroatoms. The zero-order valence-electron chi connectivity index (χ0n) is 6.05. The zero-order valence-corrected chi connectivity index (χ0v) is 7.63. The molecule has 0 radical (unpaired) electrons. The van der Waals surface area contributed by atoms with Gasteiger partial charge in [0.05, 0.1) is 0 Å². The van der Waals surface area contributed by atoms with E-state index in [1.165, 1.54) is 12.8 Å². The number of nitrogens with zero attached hydrogens (tertiary/aromatic N) is 2. The second kappa shape index (κ2) is 3.76.